The molecule has 0 unspecified atom stereocenters. The number of hydrogen-bond donors (Lipinski definition) is 2. The van der Waals surface area contributed by atoms with Crippen molar-refractivity contribution < 1.29 is 5.11 Å². The van der Waals surface area contributed by atoms with Gasteiger partial charge >= 0.3 is 0 Å². The molecule has 0 amide bonds. The average Bonchev–Trinajstić information content (AvgIpc) is 2.36. The van der Waals surface area contributed by atoms with Gasteiger partial charge < -0.3 is 5.11 Å². The molecule has 18 heavy (non-hydrogen) atoms. The van der Waals surface area contributed by atoms with Crippen LogP contribution in [0.15, 0.2) is 47.6 Å². The number of phenolic OH excluding ortho intramolecular Hbond substituents is 1. The van der Waals surface area contributed by atoms with Gasteiger partial charge in [-0.05, 0) is 69.4 Å². The van der Waals surface area contributed by atoms with Crippen LogP contribution in [0.4, 0.5) is 5.69 Å². The third-order valence-electron chi connectivity index (χ3n) is 2.23. The third kappa shape index (κ3) is 3.58. The van der Waals surface area contributed by atoms with Crippen molar-refractivity contribution in [2.75, 3.05) is 5.43 Å². The molecule has 5 heteroatoms. The number of nitrogens with zero attached hydrogens (tertiary/aromatic N) is 1. The van der Waals surface area contributed by atoms with Crippen molar-refractivity contribution in [3.05, 3.63) is 55.2 Å². The van der Waals surface area contributed by atoms with Crippen LogP contribution >= 0.6 is 45.2 Å². The Labute approximate surface area is 133 Å². The fourth-order valence-corrected chi connectivity index (χ4v) is 3.26. The summed E-state index contributed by atoms with van der Waals surface area (Å²) in [7, 11) is 0. The maximum absolute atomic E-state index is 9.89. The number of benzene rings is 2. The number of para-hydroxylation sites is 1. The highest BCUT2D eigenvalue weighted by Crippen LogP contribution is 2.25. The largest absolute Gasteiger partial charge is 0.506 e. The Balaban J connectivity index is 2.15. The van der Waals surface area contributed by atoms with Crippen LogP contribution in [0, 0.1) is 7.14 Å². The summed E-state index contributed by atoms with van der Waals surface area (Å²) in [5.74, 6) is 0.259. The lowest BCUT2D eigenvalue weighted by atomic mass is 10.2. The van der Waals surface area contributed by atoms with Crippen molar-refractivity contribution >= 4 is 57.1 Å². The minimum Gasteiger partial charge on any atom is -0.506 e. The van der Waals surface area contributed by atoms with E-state index < -0.39 is 0 Å². The molecule has 2 aromatic carbocycles. The van der Waals surface area contributed by atoms with E-state index in [9.17, 15) is 5.11 Å². The first-order valence-corrected chi connectivity index (χ1v) is 7.34. The van der Waals surface area contributed by atoms with Gasteiger partial charge in [-0.3, -0.25) is 5.43 Å². The highest BCUT2D eigenvalue weighted by atomic mass is 127. The smallest absolute Gasteiger partial charge is 0.137 e. The monoisotopic (exact) mass is 464 g/mol. The predicted octanol–water partition coefficient (Wildman–Crippen LogP) is 4.05. The van der Waals surface area contributed by atoms with E-state index in [0.717, 1.165) is 12.8 Å². The van der Waals surface area contributed by atoms with E-state index >= 15 is 0 Å². The Kier molecular flexibility index (Phi) is 4.81. The first-order valence-electron chi connectivity index (χ1n) is 5.19. The third-order valence-corrected chi connectivity index (χ3v) is 3.67. The molecule has 0 atom stereocenters. The lowest BCUT2D eigenvalue weighted by Gasteiger charge is -2.03. The molecule has 0 aromatic heterocycles. The number of phenols is 1. The summed E-state index contributed by atoms with van der Waals surface area (Å²) in [6.07, 6.45) is 1.62. The van der Waals surface area contributed by atoms with E-state index in [1.807, 2.05) is 42.5 Å². The molecule has 3 nitrogen and oxygen atoms in total. The number of halogens is 2. The SMILES string of the molecule is Oc1c(I)cc(I)cc1/C=N/Nc1ccccc1. The predicted molar refractivity (Wildman–Crippen MR) is 91.2 cm³/mol. The molecule has 0 aliphatic rings. The van der Waals surface area contributed by atoms with Gasteiger partial charge in [0.05, 0.1) is 15.5 Å². The molecule has 0 aliphatic heterocycles. The molecule has 0 saturated carbocycles. The van der Waals surface area contributed by atoms with Crippen molar-refractivity contribution in [1.82, 2.24) is 0 Å². The van der Waals surface area contributed by atoms with Gasteiger partial charge in [0.15, 0.2) is 0 Å². The standard InChI is InChI=1S/C13H10I2N2O/c14-10-6-9(13(18)12(15)7-10)8-16-17-11-4-2-1-3-5-11/h1-8,17-18H/b16-8+. The molecule has 0 aliphatic carbocycles. The summed E-state index contributed by atoms with van der Waals surface area (Å²) in [4.78, 5) is 0. The lowest BCUT2D eigenvalue weighted by molar-refractivity contribution is 0.470. The van der Waals surface area contributed by atoms with Gasteiger partial charge in [0, 0.05) is 9.13 Å². The molecule has 0 saturated heterocycles. The van der Waals surface area contributed by atoms with Crippen molar-refractivity contribution in [2.45, 2.75) is 0 Å². The van der Waals surface area contributed by atoms with Gasteiger partial charge in [-0.1, -0.05) is 18.2 Å². The summed E-state index contributed by atoms with van der Waals surface area (Å²) in [6, 6.07) is 13.5. The van der Waals surface area contributed by atoms with E-state index in [4.69, 9.17) is 0 Å². The van der Waals surface area contributed by atoms with E-state index in [1.165, 1.54) is 0 Å². The molecule has 92 valence electrons. The fraction of sp³-hybridized carbons (Fsp3) is 0. The summed E-state index contributed by atoms with van der Waals surface area (Å²) in [5, 5.41) is 14.0. The Bertz CT molecular complexity index is 571. The average molecular weight is 464 g/mol. The molecule has 0 radical (unpaired) electrons. The number of rotatable bonds is 3. The summed E-state index contributed by atoms with van der Waals surface area (Å²) >= 11 is 4.32. The minimum absolute atomic E-state index is 0.259. The van der Waals surface area contributed by atoms with Gasteiger partial charge in [0.2, 0.25) is 0 Å². The van der Waals surface area contributed by atoms with Crippen LogP contribution in [0.2, 0.25) is 0 Å². The Morgan fingerprint density at radius 2 is 1.83 bits per heavy atom. The van der Waals surface area contributed by atoms with Crippen LogP contribution < -0.4 is 5.43 Å². The first-order chi connectivity index (χ1) is 8.66. The minimum atomic E-state index is 0.259. The molecule has 2 aromatic rings. The zero-order chi connectivity index (χ0) is 13.0. The van der Waals surface area contributed by atoms with Crippen LogP contribution in [0.5, 0.6) is 5.75 Å². The van der Waals surface area contributed by atoms with E-state index in [1.54, 1.807) is 6.21 Å². The van der Waals surface area contributed by atoms with Crippen LogP contribution in [0.25, 0.3) is 0 Å². The van der Waals surface area contributed by atoms with Gasteiger partial charge in [0.1, 0.15) is 5.75 Å². The first kappa shape index (κ1) is 13.6. The van der Waals surface area contributed by atoms with Gasteiger partial charge in [-0.2, -0.15) is 5.10 Å². The molecular weight excluding hydrogens is 454 g/mol. The lowest BCUT2D eigenvalue weighted by Crippen LogP contribution is -1.92. The maximum atomic E-state index is 9.89. The second-order valence-electron chi connectivity index (χ2n) is 3.56. The number of anilines is 1. The summed E-state index contributed by atoms with van der Waals surface area (Å²) < 4.78 is 1.89. The van der Waals surface area contributed by atoms with E-state index in [-0.39, 0.29) is 5.75 Å². The van der Waals surface area contributed by atoms with Gasteiger partial charge in [-0.25, -0.2) is 0 Å². The summed E-state index contributed by atoms with van der Waals surface area (Å²) in [5.41, 5.74) is 4.53. The molecule has 0 heterocycles. The maximum Gasteiger partial charge on any atom is 0.137 e. The zero-order valence-electron chi connectivity index (χ0n) is 9.27. The Morgan fingerprint density at radius 1 is 1.11 bits per heavy atom. The van der Waals surface area contributed by atoms with Crippen molar-refractivity contribution in [2.24, 2.45) is 5.10 Å². The number of hydrogen-bond acceptors (Lipinski definition) is 3. The fourth-order valence-electron chi connectivity index (χ4n) is 1.37. The molecule has 0 spiro atoms. The second-order valence-corrected chi connectivity index (χ2v) is 5.97. The Morgan fingerprint density at radius 3 is 2.56 bits per heavy atom. The molecule has 0 bridgehead atoms. The number of hydrazone groups is 1. The summed E-state index contributed by atoms with van der Waals surface area (Å²) in [6.45, 7) is 0. The van der Waals surface area contributed by atoms with Gasteiger partial charge in [0.25, 0.3) is 0 Å². The highest BCUT2D eigenvalue weighted by Gasteiger charge is 2.04. The molecule has 2 rings (SSSR count). The van der Waals surface area contributed by atoms with Crippen LogP contribution in [-0.2, 0) is 0 Å². The van der Waals surface area contributed by atoms with E-state index in [2.05, 4.69) is 55.7 Å². The van der Waals surface area contributed by atoms with Crippen LogP contribution in [0.3, 0.4) is 0 Å². The molecular formula is C13H10I2N2O. The van der Waals surface area contributed by atoms with Crippen LogP contribution in [-0.4, -0.2) is 11.3 Å². The van der Waals surface area contributed by atoms with Crippen molar-refractivity contribution in [3.8, 4) is 5.75 Å². The molecule has 0 fully saturated rings. The quantitative estimate of drug-likeness (QED) is 0.410. The van der Waals surface area contributed by atoms with Crippen molar-refractivity contribution in [1.29, 1.82) is 0 Å². The van der Waals surface area contributed by atoms with E-state index in [0.29, 0.717) is 5.56 Å². The second kappa shape index (κ2) is 6.37. The topological polar surface area (TPSA) is 44.6 Å². The molecule has 2 N–H and O–H groups in total. The number of nitrogens with one attached hydrogen (secondary N) is 1. The highest BCUT2D eigenvalue weighted by molar-refractivity contribution is 14.1. The van der Waals surface area contributed by atoms with Crippen molar-refractivity contribution in [3.63, 3.8) is 0 Å². The van der Waals surface area contributed by atoms with Crippen LogP contribution in [0.1, 0.15) is 5.56 Å². The normalized spacial score (nSPS) is 10.8. The number of aromatic hydroxyl groups is 1. The Hall–Kier alpha value is -0.830. The van der Waals surface area contributed by atoms with Gasteiger partial charge in [-0.15, -0.1) is 0 Å². The zero-order valence-corrected chi connectivity index (χ0v) is 13.6.